The van der Waals surface area contributed by atoms with Gasteiger partial charge in [0.1, 0.15) is 5.65 Å². The number of benzene rings is 2. The third kappa shape index (κ3) is 3.87. The van der Waals surface area contributed by atoms with E-state index in [1.807, 2.05) is 42.5 Å². The van der Waals surface area contributed by atoms with E-state index in [9.17, 15) is 4.79 Å². The molecule has 0 aliphatic rings. The third-order valence-corrected chi connectivity index (χ3v) is 4.99. The molecule has 2 N–H and O–H groups in total. The topological polar surface area (TPSA) is 57.8 Å². The number of ketones is 1. The van der Waals surface area contributed by atoms with Crippen LogP contribution in [0.4, 0.5) is 0 Å². The van der Waals surface area contributed by atoms with Gasteiger partial charge in [-0.1, -0.05) is 60.2 Å². The fraction of sp³-hybridized carbons (Fsp3) is 0.167. The highest BCUT2D eigenvalue weighted by molar-refractivity contribution is 6.09. The summed E-state index contributed by atoms with van der Waals surface area (Å²) in [6.45, 7) is 2.80. The molecule has 0 aliphatic heterocycles. The van der Waals surface area contributed by atoms with E-state index in [1.165, 1.54) is 11.1 Å². The number of nitrogens with zero attached hydrogens (tertiary/aromatic N) is 1. The normalized spacial score (nSPS) is 12.2. The summed E-state index contributed by atoms with van der Waals surface area (Å²) >= 11 is 0. The van der Waals surface area contributed by atoms with Gasteiger partial charge in [-0.2, -0.15) is 0 Å². The molecule has 0 aliphatic carbocycles. The number of hydrogen-bond donors (Lipinski definition) is 2. The minimum atomic E-state index is -0.397. The first-order valence-corrected chi connectivity index (χ1v) is 9.52. The number of hydrogen-bond acceptors (Lipinski definition) is 3. The quantitative estimate of drug-likeness (QED) is 0.467. The maximum Gasteiger partial charge on any atom is 0.186 e. The van der Waals surface area contributed by atoms with Gasteiger partial charge < -0.3 is 10.3 Å². The van der Waals surface area contributed by atoms with Crippen LogP contribution in [0.5, 0.6) is 0 Å². The van der Waals surface area contributed by atoms with Crippen LogP contribution < -0.4 is 5.32 Å². The summed E-state index contributed by atoms with van der Waals surface area (Å²) in [5.74, 6) is 0.0503. The predicted molar refractivity (Wildman–Crippen MR) is 112 cm³/mol. The molecular weight excluding hydrogens is 346 g/mol. The highest BCUT2D eigenvalue weighted by atomic mass is 16.1. The zero-order valence-corrected chi connectivity index (χ0v) is 15.9. The van der Waals surface area contributed by atoms with Crippen molar-refractivity contribution in [3.05, 3.63) is 101 Å². The molecule has 0 radical (unpaired) electrons. The van der Waals surface area contributed by atoms with Crippen LogP contribution in [0.15, 0.2) is 79.1 Å². The number of nitrogens with one attached hydrogen (secondary N) is 2. The van der Waals surface area contributed by atoms with Gasteiger partial charge in [-0.15, -0.1) is 0 Å². The molecule has 1 atom stereocenters. The molecule has 4 rings (SSSR count). The van der Waals surface area contributed by atoms with Crippen molar-refractivity contribution in [1.82, 2.24) is 15.3 Å². The van der Waals surface area contributed by atoms with Gasteiger partial charge in [0.25, 0.3) is 0 Å². The summed E-state index contributed by atoms with van der Waals surface area (Å²) in [6.07, 6.45) is 4.35. The Morgan fingerprint density at radius 1 is 1.04 bits per heavy atom. The van der Waals surface area contributed by atoms with Crippen molar-refractivity contribution in [2.75, 3.05) is 6.54 Å². The van der Waals surface area contributed by atoms with Crippen molar-refractivity contribution < 1.29 is 4.79 Å². The summed E-state index contributed by atoms with van der Waals surface area (Å²) in [4.78, 5) is 20.8. The van der Waals surface area contributed by atoms with Crippen molar-refractivity contribution >= 4 is 16.8 Å². The molecule has 0 saturated carbocycles. The largest absolute Gasteiger partial charge is 0.345 e. The van der Waals surface area contributed by atoms with Gasteiger partial charge in [-0.25, -0.2) is 4.98 Å². The Bertz CT molecular complexity index is 1070. The van der Waals surface area contributed by atoms with E-state index < -0.39 is 6.04 Å². The lowest BCUT2D eigenvalue weighted by molar-refractivity contribution is 0.0945. The molecule has 0 saturated heterocycles. The summed E-state index contributed by atoms with van der Waals surface area (Å²) in [7, 11) is 0. The Morgan fingerprint density at radius 2 is 1.82 bits per heavy atom. The molecule has 0 unspecified atom stereocenters. The zero-order chi connectivity index (χ0) is 19.3. The second-order valence-electron chi connectivity index (χ2n) is 7.00. The molecular formula is C24H23N3O. The summed E-state index contributed by atoms with van der Waals surface area (Å²) in [5, 5.41) is 4.32. The van der Waals surface area contributed by atoms with Crippen LogP contribution in [-0.2, 0) is 6.42 Å². The van der Waals surface area contributed by atoms with E-state index in [4.69, 9.17) is 0 Å². The van der Waals surface area contributed by atoms with E-state index in [0.29, 0.717) is 5.56 Å². The van der Waals surface area contributed by atoms with Crippen LogP contribution in [0.3, 0.4) is 0 Å². The fourth-order valence-corrected chi connectivity index (χ4v) is 3.44. The zero-order valence-electron chi connectivity index (χ0n) is 15.9. The molecule has 4 aromatic rings. The number of aromatic nitrogens is 2. The van der Waals surface area contributed by atoms with Crippen LogP contribution in [0.25, 0.3) is 11.0 Å². The van der Waals surface area contributed by atoms with Gasteiger partial charge in [-0.3, -0.25) is 4.79 Å². The standard InChI is InChI=1S/C24H23N3O/c1-17-9-11-18(12-10-17)13-15-25-22(19-6-3-2-4-7-19)23(28)21-16-27-24-20(21)8-5-14-26-24/h2-12,14,16,22,25H,13,15H2,1H3,(H,26,27)/t22-/m1/s1. The lowest BCUT2D eigenvalue weighted by Crippen LogP contribution is -2.30. The van der Waals surface area contributed by atoms with Crippen LogP contribution in [0.1, 0.15) is 33.1 Å². The Morgan fingerprint density at radius 3 is 2.61 bits per heavy atom. The van der Waals surface area contributed by atoms with Gasteiger partial charge in [0.2, 0.25) is 0 Å². The summed E-state index contributed by atoms with van der Waals surface area (Å²) < 4.78 is 0. The van der Waals surface area contributed by atoms with Gasteiger partial charge >= 0.3 is 0 Å². The molecule has 4 nitrogen and oxygen atoms in total. The number of aryl methyl sites for hydroxylation is 1. The Hall–Kier alpha value is -3.24. The lowest BCUT2D eigenvalue weighted by Gasteiger charge is -2.18. The van der Waals surface area contributed by atoms with Gasteiger partial charge in [0.15, 0.2) is 5.78 Å². The van der Waals surface area contributed by atoms with Gasteiger partial charge in [-0.05, 0) is 36.6 Å². The fourth-order valence-electron chi connectivity index (χ4n) is 3.44. The van der Waals surface area contributed by atoms with E-state index in [-0.39, 0.29) is 5.78 Å². The first-order chi connectivity index (χ1) is 13.7. The van der Waals surface area contributed by atoms with Crippen molar-refractivity contribution in [3.8, 4) is 0 Å². The first-order valence-electron chi connectivity index (χ1n) is 9.52. The predicted octanol–water partition coefficient (Wildman–Crippen LogP) is 4.63. The Kier molecular flexibility index (Phi) is 5.31. The minimum absolute atomic E-state index is 0.0503. The van der Waals surface area contributed by atoms with Gasteiger partial charge in [0, 0.05) is 29.9 Å². The maximum absolute atomic E-state index is 13.4. The van der Waals surface area contributed by atoms with Crippen molar-refractivity contribution in [3.63, 3.8) is 0 Å². The number of Topliss-reactive ketones (excluding diaryl/α,β-unsaturated/α-hetero) is 1. The highest BCUT2D eigenvalue weighted by Crippen LogP contribution is 2.24. The molecule has 0 amide bonds. The number of carbonyl (C=O) groups excluding carboxylic acids is 1. The number of fused-ring (bicyclic) bond motifs is 1. The molecule has 2 heterocycles. The van der Waals surface area contributed by atoms with Gasteiger partial charge in [0.05, 0.1) is 6.04 Å². The summed E-state index contributed by atoms with van der Waals surface area (Å²) in [6, 6.07) is 21.8. The average molecular weight is 369 g/mol. The number of rotatable bonds is 7. The van der Waals surface area contributed by atoms with Crippen molar-refractivity contribution in [2.45, 2.75) is 19.4 Å². The van der Waals surface area contributed by atoms with Crippen molar-refractivity contribution in [2.24, 2.45) is 0 Å². The van der Waals surface area contributed by atoms with E-state index >= 15 is 0 Å². The van der Waals surface area contributed by atoms with E-state index in [0.717, 1.165) is 29.6 Å². The molecule has 4 heteroatoms. The van der Waals surface area contributed by atoms with Crippen LogP contribution in [-0.4, -0.2) is 22.3 Å². The second kappa shape index (κ2) is 8.19. The number of aromatic amines is 1. The Balaban J connectivity index is 1.57. The van der Waals surface area contributed by atoms with Crippen molar-refractivity contribution in [1.29, 1.82) is 0 Å². The van der Waals surface area contributed by atoms with Crippen LogP contribution >= 0.6 is 0 Å². The first kappa shape index (κ1) is 18.1. The second-order valence-corrected chi connectivity index (χ2v) is 7.00. The molecule has 140 valence electrons. The number of carbonyl (C=O) groups is 1. The van der Waals surface area contributed by atoms with E-state index in [2.05, 4.69) is 46.5 Å². The molecule has 2 aromatic heterocycles. The van der Waals surface area contributed by atoms with Crippen LogP contribution in [0.2, 0.25) is 0 Å². The maximum atomic E-state index is 13.4. The van der Waals surface area contributed by atoms with Crippen LogP contribution in [0, 0.1) is 6.92 Å². The molecule has 2 aromatic carbocycles. The molecule has 0 spiro atoms. The third-order valence-electron chi connectivity index (χ3n) is 4.99. The smallest absolute Gasteiger partial charge is 0.186 e. The molecule has 0 bridgehead atoms. The SMILES string of the molecule is Cc1ccc(CCN[C@@H](C(=O)c2c[nH]c3ncccc23)c2ccccc2)cc1. The summed E-state index contributed by atoms with van der Waals surface area (Å²) in [5.41, 5.74) is 4.88. The Labute approximate surface area is 164 Å². The lowest BCUT2D eigenvalue weighted by atomic mass is 9.97. The minimum Gasteiger partial charge on any atom is -0.345 e. The number of H-pyrrole nitrogens is 1. The monoisotopic (exact) mass is 369 g/mol. The molecule has 28 heavy (non-hydrogen) atoms. The number of pyridine rings is 1. The molecule has 0 fully saturated rings. The van der Waals surface area contributed by atoms with E-state index in [1.54, 1.807) is 12.4 Å². The average Bonchev–Trinajstić information content (AvgIpc) is 3.17. The highest BCUT2D eigenvalue weighted by Gasteiger charge is 2.24.